The summed E-state index contributed by atoms with van der Waals surface area (Å²) in [4.78, 5) is 56.2. The molecule has 2 atom stereocenters. The molecule has 1 saturated heterocycles. The molecule has 2 heterocycles. The van der Waals surface area contributed by atoms with E-state index in [9.17, 15) is 19.2 Å². The van der Waals surface area contributed by atoms with Gasteiger partial charge in [-0.3, -0.25) is 23.9 Å². The first-order valence-corrected chi connectivity index (χ1v) is 15.8. The van der Waals surface area contributed by atoms with Crippen LogP contribution in [0.3, 0.4) is 0 Å². The zero-order valence-electron chi connectivity index (χ0n) is 26.3. The Labute approximate surface area is 258 Å². The minimum absolute atomic E-state index is 0.0136. The summed E-state index contributed by atoms with van der Waals surface area (Å²) in [6.45, 7) is 8.89. The van der Waals surface area contributed by atoms with Crippen molar-refractivity contribution < 1.29 is 23.6 Å². The average Bonchev–Trinajstić information content (AvgIpc) is 3.50. The third-order valence-corrected chi connectivity index (χ3v) is 8.85. The summed E-state index contributed by atoms with van der Waals surface area (Å²) in [5, 5.41) is 12.6. The van der Waals surface area contributed by atoms with E-state index in [1.165, 1.54) is 12.1 Å². The molecular weight excluding hydrogens is 565 g/mol. The van der Waals surface area contributed by atoms with Crippen LogP contribution in [0.25, 0.3) is 0 Å². The van der Waals surface area contributed by atoms with Gasteiger partial charge in [0, 0.05) is 51.8 Å². The molecule has 240 valence electrons. The van der Waals surface area contributed by atoms with Crippen molar-refractivity contribution in [2.75, 3.05) is 38.5 Å². The smallest absolute Gasteiger partial charge is 0.270 e. The fourth-order valence-electron chi connectivity index (χ4n) is 5.99. The fraction of sp³-hybridized carbons (Fsp3) is 0.594. The number of likely N-dealkylation sites (N-methyl/N-ethyl adjacent to an activating group) is 1. The van der Waals surface area contributed by atoms with Crippen LogP contribution < -0.4 is 16.0 Å². The molecule has 1 aliphatic carbocycles. The number of halogens is 1. The quantitative estimate of drug-likeness (QED) is 0.359. The third kappa shape index (κ3) is 8.43. The van der Waals surface area contributed by atoms with Gasteiger partial charge < -0.3 is 25.8 Å². The van der Waals surface area contributed by atoms with E-state index < -0.39 is 29.7 Å². The number of piperazine rings is 1. The van der Waals surface area contributed by atoms with Crippen LogP contribution in [0.5, 0.6) is 0 Å². The van der Waals surface area contributed by atoms with Crippen LogP contribution in [0, 0.1) is 17.7 Å². The largest absolute Gasteiger partial charge is 0.344 e. The van der Waals surface area contributed by atoms with Gasteiger partial charge in [0.2, 0.25) is 17.7 Å². The number of nitrogens with one attached hydrogen (secondary N) is 3. The number of amides is 4. The molecule has 4 amide bonds. The van der Waals surface area contributed by atoms with Crippen molar-refractivity contribution in [1.82, 2.24) is 30.2 Å². The van der Waals surface area contributed by atoms with Crippen LogP contribution in [0.4, 0.5) is 10.1 Å². The molecule has 0 unspecified atom stereocenters. The van der Waals surface area contributed by atoms with Crippen LogP contribution in [0.1, 0.15) is 68.9 Å². The van der Waals surface area contributed by atoms with E-state index in [1.54, 1.807) is 34.8 Å². The summed E-state index contributed by atoms with van der Waals surface area (Å²) in [7, 11) is 2.00. The van der Waals surface area contributed by atoms with Gasteiger partial charge in [0.05, 0.1) is 5.69 Å². The van der Waals surface area contributed by atoms with E-state index in [-0.39, 0.29) is 36.3 Å². The van der Waals surface area contributed by atoms with Gasteiger partial charge >= 0.3 is 0 Å². The van der Waals surface area contributed by atoms with Gasteiger partial charge in [0.15, 0.2) is 0 Å². The number of benzene rings is 1. The maximum Gasteiger partial charge on any atom is 0.270 e. The van der Waals surface area contributed by atoms with E-state index >= 15 is 4.39 Å². The summed E-state index contributed by atoms with van der Waals surface area (Å²) in [5.74, 6) is -1.52. The van der Waals surface area contributed by atoms with Gasteiger partial charge in [-0.15, -0.1) is 0 Å². The molecule has 0 radical (unpaired) electrons. The Morgan fingerprint density at radius 2 is 1.70 bits per heavy atom. The van der Waals surface area contributed by atoms with E-state index in [4.69, 9.17) is 0 Å². The number of anilines is 1. The van der Waals surface area contributed by atoms with E-state index in [2.05, 4.69) is 32.9 Å². The molecule has 0 bridgehead atoms. The highest BCUT2D eigenvalue weighted by Crippen LogP contribution is 2.31. The molecule has 4 rings (SSSR count). The Morgan fingerprint density at radius 3 is 2.34 bits per heavy atom. The second kappa shape index (κ2) is 15.3. The zero-order valence-corrected chi connectivity index (χ0v) is 26.3. The number of hydrogen-bond donors (Lipinski definition) is 3. The van der Waals surface area contributed by atoms with Gasteiger partial charge in [0.1, 0.15) is 23.6 Å². The van der Waals surface area contributed by atoms with Gasteiger partial charge in [-0.25, -0.2) is 4.39 Å². The monoisotopic (exact) mass is 611 g/mol. The summed E-state index contributed by atoms with van der Waals surface area (Å²) in [5.41, 5.74) is 0.865. The van der Waals surface area contributed by atoms with Crippen molar-refractivity contribution in [2.45, 2.75) is 77.9 Å². The molecule has 2 aliphatic rings. The maximum atomic E-state index is 15.4. The minimum Gasteiger partial charge on any atom is -0.344 e. The predicted molar refractivity (Wildman–Crippen MR) is 165 cm³/mol. The van der Waals surface area contributed by atoms with Gasteiger partial charge in [-0.2, -0.15) is 5.10 Å². The summed E-state index contributed by atoms with van der Waals surface area (Å²) >= 11 is 0. The van der Waals surface area contributed by atoms with Crippen molar-refractivity contribution in [1.29, 1.82) is 0 Å². The Morgan fingerprint density at radius 1 is 1.00 bits per heavy atom. The standard InChI is InChI=1S/C32H46FN7O4/c1-5-28(41)35-26(32(44)39-17-15-38(4)16-18-39)20-22-9-12-25(24(33)19-22)36-31(43)29(23-10-7-21(3)8-11-23)37-30(42)27-13-14-34-40(27)6-2/h9,12-14,19,21,23,26,29H,5-8,10-11,15-18,20H2,1-4H3,(H,35,41)(H,36,43)(H,37,42)/t21?,23?,26-,29+/m1/s1. The minimum atomic E-state index is -0.843. The third-order valence-electron chi connectivity index (χ3n) is 8.85. The van der Waals surface area contributed by atoms with Crippen LogP contribution in [0.2, 0.25) is 0 Å². The first kappa shape index (κ1) is 33.1. The molecule has 12 heteroatoms. The number of aromatic nitrogens is 2. The highest BCUT2D eigenvalue weighted by atomic mass is 19.1. The second-order valence-electron chi connectivity index (χ2n) is 12.1. The number of carbonyl (C=O) groups is 4. The highest BCUT2D eigenvalue weighted by Gasteiger charge is 2.34. The van der Waals surface area contributed by atoms with E-state index in [0.29, 0.717) is 36.8 Å². The second-order valence-corrected chi connectivity index (χ2v) is 12.1. The van der Waals surface area contributed by atoms with Crippen LogP contribution in [-0.2, 0) is 27.3 Å². The molecule has 1 aliphatic heterocycles. The summed E-state index contributed by atoms with van der Waals surface area (Å²) in [6, 6.07) is 4.35. The van der Waals surface area contributed by atoms with Crippen molar-refractivity contribution in [3.05, 3.63) is 47.5 Å². The van der Waals surface area contributed by atoms with Gasteiger partial charge in [0.25, 0.3) is 5.91 Å². The molecule has 1 aromatic carbocycles. The van der Waals surface area contributed by atoms with Crippen molar-refractivity contribution >= 4 is 29.3 Å². The van der Waals surface area contributed by atoms with E-state index in [1.807, 2.05) is 14.0 Å². The topological polar surface area (TPSA) is 129 Å². The molecule has 0 spiro atoms. The van der Waals surface area contributed by atoms with Gasteiger partial charge in [-0.1, -0.05) is 32.8 Å². The lowest BCUT2D eigenvalue weighted by Gasteiger charge is -2.34. The molecule has 11 nitrogen and oxygen atoms in total. The molecule has 44 heavy (non-hydrogen) atoms. The number of aryl methyl sites for hydroxylation is 1. The highest BCUT2D eigenvalue weighted by molar-refractivity contribution is 6.00. The predicted octanol–water partition coefficient (Wildman–Crippen LogP) is 2.82. The lowest BCUT2D eigenvalue weighted by atomic mass is 9.79. The SMILES string of the molecule is CCC(=O)N[C@H](Cc1ccc(NC(=O)[C@@H](NC(=O)c2ccnn2CC)C2CCC(C)CC2)c(F)c1)C(=O)N1CCN(C)CC1. The average molecular weight is 612 g/mol. The molecule has 3 N–H and O–H groups in total. The first-order chi connectivity index (χ1) is 21.1. The van der Waals surface area contributed by atoms with Crippen molar-refractivity contribution in [2.24, 2.45) is 11.8 Å². The Hall–Kier alpha value is -3.80. The number of carbonyl (C=O) groups excluding carboxylic acids is 4. The molecule has 1 aromatic heterocycles. The normalized spacial score (nSPS) is 20.4. The molecule has 2 fully saturated rings. The van der Waals surface area contributed by atoms with E-state index in [0.717, 1.165) is 38.8 Å². The lowest BCUT2D eigenvalue weighted by Crippen LogP contribution is -2.54. The van der Waals surface area contributed by atoms with Crippen molar-refractivity contribution in [3.8, 4) is 0 Å². The van der Waals surface area contributed by atoms with Crippen LogP contribution >= 0.6 is 0 Å². The number of rotatable bonds is 11. The van der Waals surface area contributed by atoms with Crippen LogP contribution in [-0.4, -0.2) is 88.5 Å². The maximum absolute atomic E-state index is 15.4. The Balaban J connectivity index is 1.48. The van der Waals surface area contributed by atoms with Crippen molar-refractivity contribution in [3.63, 3.8) is 0 Å². The Bertz CT molecular complexity index is 1320. The fourth-order valence-corrected chi connectivity index (χ4v) is 5.99. The lowest BCUT2D eigenvalue weighted by molar-refractivity contribution is -0.137. The van der Waals surface area contributed by atoms with Crippen LogP contribution in [0.15, 0.2) is 30.5 Å². The Kier molecular flexibility index (Phi) is 11.5. The number of hydrogen-bond acceptors (Lipinski definition) is 6. The van der Waals surface area contributed by atoms with Gasteiger partial charge in [-0.05, 0) is 62.4 Å². The zero-order chi connectivity index (χ0) is 31.8. The molecule has 2 aromatic rings. The first-order valence-electron chi connectivity index (χ1n) is 15.8. The summed E-state index contributed by atoms with van der Waals surface area (Å²) in [6.07, 6.45) is 5.34. The molecule has 1 saturated carbocycles. The number of nitrogens with zero attached hydrogens (tertiary/aromatic N) is 4. The molecular formula is C32H46FN7O4. The summed E-state index contributed by atoms with van der Waals surface area (Å²) < 4.78 is 17.0.